The number of hydrogen-bond acceptors (Lipinski definition) is 4. The third-order valence-electron chi connectivity index (χ3n) is 1.45. The molecule has 0 unspecified atom stereocenters. The highest BCUT2D eigenvalue weighted by Gasteiger charge is 1.97. The molecule has 0 saturated heterocycles. The Morgan fingerprint density at radius 3 is 2.25 bits per heavy atom. The lowest BCUT2D eigenvalue weighted by Gasteiger charge is -1.91. The van der Waals surface area contributed by atoms with Gasteiger partial charge in [-0.25, -0.2) is 4.98 Å². The van der Waals surface area contributed by atoms with E-state index in [0.717, 1.165) is 5.56 Å². The van der Waals surface area contributed by atoms with Crippen molar-refractivity contribution in [3.05, 3.63) is 42.8 Å². The zero-order chi connectivity index (χ0) is 12.0. The lowest BCUT2D eigenvalue weighted by molar-refractivity contribution is 0.490. The molecule has 0 aliphatic heterocycles. The number of aromatic nitrogens is 1. The molecule has 5 nitrogen and oxygen atoms in total. The summed E-state index contributed by atoms with van der Waals surface area (Å²) in [7, 11) is -3.67. The predicted octanol–water partition coefficient (Wildman–Crippen LogP) is 1.85. The highest BCUT2D eigenvalue weighted by atomic mass is 32.2. The van der Waals surface area contributed by atoms with Crippen molar-refractivity contribution >= 4 is 10.1 Å². The predicted molar refractivity (Wildman–Crippen MR) is 59.4 cm³/mol. The summed E-state index contributed by atoms with van der Waals surface area (Å²) < 4.78 is 31.0. The van der Waals surface area contributed by atoms with Crippen LogP contribution in [-0.2, 0) is 10.1 Å². The van der Waals surface area contributed by atoms with E-state index in [9.17, 15) is 8.42 Å². The molecule has 0 aliphatic carbocycles. The van der Waals surface area contributed by atoms with E-state index in [4.69, 9.17) is 8.97 Å². The van der Waals surface area contributed by atoms with Crippen LogP contribution in [0.25, 0.3) is 11.5 Å². The number of rotatable bonds is 1. The van der Waals surface area contributed by atoms with Gasteiger partial charge in [0.1, 0.15) is 6.26 Å². The summed E-state index contributed by atoms with van der Waals surface area (Å²) in [6.07, 6.45) is 3.93. The Hall–Kier alpha value is -1.66. The van der Waals surface area contributed by atoms with E-state index in [1.807, 2.05) is 30.3 Å². The van der Waals surface area contributed by atoms with Crippen molar-refractivity contribution in [2.45, 2.75) is 0 Å². The third kappa shape index (κ3) is 5.28. The molecule has 1 heterocycles. The second-order valence-corrected chi connectivity index (χ2v) is 4.40. The highest BCUT2D eigenvalue weighted by molar-refractivity contribution is 7.85. The molecule has 0 saturated carbocycles. The van der Waals surface area contributed by atoms with Crippen LogP contribution in [0.5, 0.6) is 0 Å². The molecular weight excluding hydrogens is 230 g/mol. The van der Waals surface area contributed by atoms with E-state index >= 15 is 0 Å². The van der Waals surface area contributed by atoms with Gasteiger partial charge in [-0.05, 0) is 12.1 Å². The Bertz CT molecular complexity index is 497. The smallest absolute Gasteiger partial charge is 0.261 e. The summed E-state index contributed by atoms with van der Waals surface area (Å²) in [5.41, 5.74) is 1.01. The van der Waals surface area contributed by atoms with Gasteiger partial charge in [0.05, 0.1) is 12.5 Å². The van der Waals surface area contributed by atoms with Crippen LogP contribution < -0.4 is 0 Å². The minimum atomic E-state index is -3.67. The first-order chi connectivity index (χ1) is 7.47. The second-order valence-electron chi connectivity index (χ2n) is 2.94. The van der Waals surface area contributed by atoms with Gasteiger partial charge >= 0.3 is 0 Å². The van der Waals surface area contributed by atoms with Gasteiger partial charge in [0.25, 0.3) is 10.1 Å². The van der Waals surface area contributed by atoms with Gasteiger partial charge in [0.2, 0.25) is 5.89 Å². The highest BCUT2D eigenvalue weighted by Crippen LogP contribution is 2.14. The van der Waals surface area contributed by atoms with Gasteiger partial charge in [-0.15, -0.1) is 0 Å². The first-order valence-corrected chi connectivity index (χ1v) is 6.19. The molecule has 1 N–H and O–H groups in total. The lowest BCUT2D eigenvalue weighted by atomic mass is 10.2. The van der Waals surface area contributed by atoms with Crippen molar-refractivity contribution in [2.75, 3.05) is 6.26 Å². The van der Waals surface area contributed by atoms with Crippen LogP contribution in [0.3, 0.4) is 0 Å². The van der Waals surface area contributed by atoms with E-state index in [0.29, 0.717) is 12.1 Å². The van der Waals surface area contributed by atoms with Crippen LogP contribution in [-0.4, -0.2) is 24.2 Å². The van der Waals surface area contributed by atoms with E-state index in [1.54, 1.807) is 12.5 Å². The van der Waals surface area contributed by atoms with E-state index in [2.05, 4.69) is 4.98 Å². The fraction of sp³-hybridized carbons (Fsp3) is 0.100. The number of oxazole rings is 1. The molecule has 0 aliphatic rings. The zero-order valence-electron chi connectivity index (χ0n) is 8.57. The van der Waals surface area contributed by atoms with Crippen molar-refractivity contribution < 1.29 is 17.4 Å². The molecule has 0 atom stereocenters. The minimum absolute atomic E-state index is 0.672. The molecule has 0 fully saturated rings. The average molecular weight is 241 g/mol. The Kier molecular flexibility index (Phi) is 4.21. The quantitative estimate of drug-likeness (QED) is 0.770. The summed E-state index contributed by atoms with van der Waals surface area (Å²) >= 11 is 0. The molecule has 1 aromatic heterocycles. The maximum atomic E-state index is 9.19. The normalized spacial score (nSPS) is 10.4. The molecule has 0 amide bonds. The minimum Gasteiger partial charge on any atom is -0.445 e. The monoisotopic (exact) mass is 241 g/mol. The number of hydrogen-bond donors (Lipinski definition) is 1. The van der Waals surface area contributed by atoms with Crippen molar-refractivity contribution in [1.29, 1.82) is 0 Å². The topological polar surface area (TPSA) is 80.4 Å². The Labute approximate surface area is 93.5 Å². The van der Waals surface area contributed by atoms with Gasteiger partial charge < -0.3 is 4.42 Å². The van der Waals surface area contributed by atoms with Crippen LogP contribution in [0.4, 0.5) is 0 Å². The fourth-order valence-corrected chi connectivity index (χ4v) is 0.947. The average Bonchev–Trinajstić information content (AvgIpc) is 2.69. The van der Waals surface area contributed by atoms with Crippen molar-refractivity contribution in [3.63, 3.8) is 0 Å². The largest absolute Gasteiger partial charge is 0.445 e. The molecule has 2 rings (SSSR count). The maximum absolute atomic E-state index is 9.19. The molecular formula is C10H11NO4S. The zero-order valence-corrected chi connectivity index (χ0v) is 9.39. The summed E-state index contributed by atoms with van der Waals surface area (Å²) in [4.78, 5) is 4.02. The molecule has 0 radical (unpaired) electrons. The molecule has 1 aromatic carbocycles. The SMILES string of the molecule is CS(=O)(=O)O.c1ccc(-c2ncco2)cc1. The van der Waals surface area contributed by atoms with Gasteiger partial charge in [0, 0.05) is 5.56 Å². The fourth-order valence-electron chi connectivity index (χ4n) is 0.947. The summed E-state index contributed by atoms with van der Waals surface area (Å²) in [6.45, 7) is 0. The Morgan fingerprint density at radius 1 is 1.25 bits per heavy atom. The van der Waals surface area contributed by atoms with E-state index in [1.165, 1.54) is 0 Å². The van der Waals surface area contributed by atoms with Gasteiger partial charge in [-0.3, -0.25) is 4.55 Å². The van der Waals surface area contributed by atoms with Crippen LogP contribution in [0.2, 0.25) is 0 Å². The number of nitrogens with zero attached hydrogens (tertiary/aromatic N) is 1. The first kappa shape index (κ1) is 12.4. The summed E-state index contributed by atoms with van der Waals surface area (Å²) in [5, 5.41) is 0. The molecule has 0 bridgehead atoms. The van der Waals surface area contributed by atoms with Crippen molar-refractivity contribution in [3.8, 4) is 11.5 Å². The maximum Gasteiger partial charge on any atom is 0.261 e. The second kappa shape index (κ2) is 5.43. The lowest BCUT2D eigenvalue weighted by Crippen LogP contribution is -1.88. The molecule has 0 spiro atoms. The summed E-state index contributed by atoms with van der Waals surface area (Å²) in [5.74, 6) is 0.672. The molecule has 16 heavy (non-hydrogen) atoms. The Balaban J connectivity index is 0.000000221. The summed E-state index contributed by atoms with van der Waals surface area (Å²) in [6, 6.07) is 9.81. The van der Waals surface area contributed by atoms with E-state index in [-0.39, 0.29) is 0 Å². The van der Waals surface area contributed by atoms with Gasteiger partial charge in [0.15, 0.2) is 0 Å². The van der Waals surface area contributed by atoms with Crippen LogP contribution in [0.1, 0.15) is 0 Å². The van der Waals surface area contributed by atoms with Crippen LogP contribution in [0, 0.1) is 0 Å². The van der Waals surface area contributed by atoms with Crippen molar-refractivity contribution in [1.82, 2.24) is 4.98 Å². The Morgan fingerprint density at radius 2 is 1.81 bits per heavy atom. The first-order valence-electron chi connectivity index (χ1n) is 4.34. The van der Waals surface area contributed by atoms with E-state index < -0.39 is 10.1 Å². The van der Waals surface area contributed by atoms with Crippen LogP contribution in [0.15, 0.2) is 47.2 Å². The molecule has 86 valence electrons. The van der Waals surface area contributed by atoms with Crippen molar-refractivity contribution in [2.24, 2.45) is 0 Å². The molecule has 2 aromatic rings. The van der Waals surface area contributed by atoms with Gasteiger partial charge in [-0.1, -0.05) is 18.2 Å². The number of benzene rings is 1. The standard InChI is InChI=1S/C9H7NO.CH4O3S/c1-2-4-8(5-3-1)9-10-6-7-11-9;1-5(2,3)4/h1-7H;1H3,(H,2,3,4). The van der Waals surface area contributed by atoms with Gasteiger partial charge in [-0.2, -0.15) is 8.42 Å². The molecule has 6 heteroatoms. The third-order valence-corrected chi connectivity index (χ3v) is 1.45. The van der Waals surface area contributed by atoms with Crippen LogP contribution >= 0.6 is 0 Å².